The normalized spacial score (nSPS) is 10.9. The highest BCUT2D eigenvalue weighted by Gasteiger charge is 2.13. The largest absolute Gasteiger partial charge is 0.497 e. The Morgan fingerprint density at radius 2 is 1.48 bits per heavy atom. The van der Waals surface area contributed by atoms with Crippen LogP contribution in [-0.2, 0) is 6.61 Å². The molecule has 4 aromatic rings. The summed E-state index contributed by atoms with van der Waals surface area (Å²) in [6.07, 6.45) is 1.85. The van der Waals surface area contributed by atoms with Crippen LogP contribution in [0.5, 0.6) is 11.5 Å². The molecule has 0 fully saturated rings. The van der Waals surface area contributed by atoms with Crippen LogP contribution in [0.2, 0.25) is 0 Å². The fraction of sp³-hybridized carbons (Fsp3) is 0.125. The molecule has 0 aliphatic heterocycles. The van der Waals surface area contributed by atoms with Crippen LogP contribution in [0.3, 0.4) is 0 Å². The van der Waals surface area contributed by atoms with Crippen molar-refractivity contribution in [2.45, 2.75) is 6.61 Å². The quantitative estimate of drug-likeness (QED) is 0.558. The van der Waals surface area contributed by atoms with Crippen molar-refractivity contribution in [3.8, 4) is 28.3 Å². The zero-order chi connectivity index (χ0) is 20.4. The Balaban J connectivity index is 1.99. The van der Waals surface area contributed by atoms with Crippen LogP contribution in [0.25, 0.3) is 27.6 Å². The first-order chi connectivity index (χ1) is 14.1. The standard InChI is InChI=1S/C24H21NO4/c1-28-19-9-5-17(6-10-19)23-14-25(18-7-3-16(15-26)4-8-18)24(27)21-12-11-20(29-2)13-22(21)23/h3-14,26H,15H2,1-2H3. The van der Waals surface area contributed by atoms with Crippen molar-refractivity contribution in [2.75, 3.05) is 14.2 Å². The molecule has 146 valence electrons. The van der Waals surface area contributed by atoms with Gasteiger partial charge in [0.15, 0.2) is 0 Å². The first-order valence-corrected chi connectivity index (χ1v) is 9.22. The molecule has 1 aromatic heterocycles. The van der Waals surface area contributed by atoms with Gasteiger partial charge in [-0.2, -0.15) is 0 Å². The predicted octanol–water partition coefficient (Wildman–Crippen LogP) is 4.17. The Labute approximate surface area is 168 Å². The van der Waals surface area contributed by atoms with Gasteiger partial charge in [0.05, 0.1) is 20.8 Å². The van der Waals surface area contributed by atoms with Crippen LogP contribution in [-0.4, -0.2) is 23.9 Å². The third kappa shape index (κ3) is 3.48. The summed E-state index contributed by atoms with van der Waals surface area (Å²) in [6, 6.07) is 20.5. The first-order valence-electron chi connectivity index (χ1n) is 9.22. The molecule has 0 aliphatic carbocycles. The molecule has 0 bridgehead atoms. The Kier molecular flexibility index (Phi) is 5.06. The third-order valence-electron chi connectivity index (χ3n) is 5.02. The summed E-state index contributed by atoms with van der Waals surface area (Å²) in [6.45, 7) is -0.0379. The zero-order valence-corrected chi connectivity index (χ0v) is 16.3. The summed E-state index contributed by atoms with van der Waals surface area (Å²) < 4.78 is 12.3. The lowest BCUT2D eigenvalue weighted by molar-refractivity contribution is 0.282. The maximum absolute atomic E-state index is 13.2. The van der Waals surface area contributed by atoms with Gasteiger partial charge in [0.2, 0.25) is 0 Å². The van der Waals surface area contributed by atoms with Crippen LogP contribution < -0.4 is 15.0 Å². The number of aliphatic hydroxyl groups is 1. The molecule has 0 atom stereocenters. The molecule has 1 heterocycles. The van der Waals surface area contributed by atoms with E-state index >= 15 is 0 Å². The predicted molar refractivity (Wildman–Crippen MR) is 114 cm³/mol. The lowest BCUT2D eigenvalue weighted by Gasteiger charge is -2.14. The molecule has 0 amide bonds. The van der Waals surface area contributed by atoms with E-state index < -0.39 is 0 Å². The van der Waals surface area contributed by atoms with Crippen molar-refractivity contribution in [3.05, 3.63) is 88.8 Å². The van der Waals surface area contributed by atoms with Crippen LogP contribution in [0, 0.1) is 0 Å². The zero-order valence-electron chi connectivity index (χ0n) is 16.3. The molecule has 0 unspecified atom stereocenters. The molecule has 0 radical (unpaired) electrons. The maximum Gasteiger partial charge on any atom is 0.262 e. The SMILES string of the molecule is COc1ccc(-c2cn(-c3ccc(CO)cc3)c(=O)c3ccc(OC)cc23)cc1. The summed E-state index contributed by atoms with van der Waals surface area (Å²) in [5, 5.41) is 10.7. The second-order valence-electron chi connectivity index (χ2n) is 6.68. The van der Waals surface area contributed by atoms with Crippen LogP contribution in [0.1, 0.15) is 5.56 Å². The number of aromatic nitrogens is 1. The molecule has 0 spiro atoms. The average Bonchev–Trinajstić information content (AvgIpc) is 2.79. The van der Waals surface area contributed by atoms with Gasteiger partial charge in [-0.3, -0.25) is 9.36 Å². The Morgan fingerprint density at radius 3 is 2.10 bits per heavy atom. The minimum atomic E-state index is -0.114. The van der Waals surface area contributed by atoms with E-state index in [-0.39, 0.29) is 12.2 Å². The molecule has 5 nitrogen and oxygen atoms in total. The second kappa shape index (κ2) is 7.81. The lowest BCUT2D eigenvalue weighted by atomic mass is 10.00. The molecule has 29 heavy (non-hydrogen) atoms. The molecule has 0 aliphatic rings. The van der Waals surface area contributed by atoms with Crippen molar-refractivity contribution in [1.82, 2.24) is 4.57 Å². The summed E-state index contributed by atoms with van der Waals surface area (Å²) in [4.78, 5) is 13.2. The van der Waals surface area contributed by atoms with E-state index in [1.165, 1.54) is 0 Å². The molecule has 1 N–H and O–H groups in total. The van der Waals surface area contributed by atoms with Gasteiger partial charge >= 0.3 is 0 Å². The van der Waals surface area contributed by atoms with Crippen molar-refractivity contribution in [1.29, 1.82) is 0 Å². The summed E-state index contributed by atoms with van der Waals surface area (Å²) in [5.74, 6) is 1.46. The lowest BCUT2D eigenvalue weighted by Crippen LogP contribution is -2.18. The summed E-state index contributed by atoms with van der Waals surface area (Å²) in [5.41, 5.74) is 3.29. The summed E-state index contributed by atoms with van der Waals surface area (Å²) in [7, 11) is 3.24. The fourth-order valence-corrected chi connectivity index (χ4v) is 3.40. The molecule has 3 aromatic carbocycles. The van der Waals surface area contributed by atoms with Crippen LogP contribution in [0.4, 0.5) is 0 Å². The number of ether oxygens (including phenoxy) is 2. The molecular weight excluding hydrogens is 366 g/mol. The van der Waals surface area contributed by atoms with Gasteiger partial charge in [0.1, 0.15) is 11.5 Å². The van der Waals surface area contributed by atoms with Crippen LogP contribution in [0.15, 0.2) is 77.7 Å². The van der Waals surface area contributed by atoms with Crippen molar-refractivity contribution < 1.29 is 14.6 Å². The van der Waals surface area contributed by atoms with E-state index in [9.17, 15) is 9.90 Å². The number of benzene rings is 3. The number of aliphatic hydroxyl groups excluding tert-OH is 1. The Morgan fingerprint density at radius 1 is 0.828 bits per heavy atom. The molecule has 0 saturated carbocycles. The molecule has 4 rings (SSSR count). The summed E-state index contributed by atoms with van der Waals surface area (Å²) >= 11 is 0. The highest BCUT2D eigenvalue weighted by molar-refractivity contribution is 5.97. The van der Waals surface area contributed by atoms with E-state index in [0.717, 1.165) is 33.5 Å². The third-order valence-corrected chi connectivity index (χ3v) is 5.02. The number of pyridine rings is 1. The number of rotatable bonds is 5. The van der Waals surface area contributed by atoms with E-state index in [1.807, 2.05) is 60.8 Å². The molecule has 0 saturated heterocycles. The number of hydrogen-bond acceptors (Lipinski definition) is 4. The smallest absolute Gasteiger partial charge is 0.262 e. The van der Waals surface area contributed by atoms with Gasteiger partial charge in [0, 0.05) is 28.2 Å². The highest BCUT2D eigenvalue weighted by atomic mass is 16.5. The van der Waals surface area contributed by atoms with Gasteiger partial charge in [-0.05, 0) is 53.6 Å². The van der Waals surface area contributed by atoms with Crippen molar-refractivity contribution in [2.24, 2.45) is 0 Å². The van der Waals surface area contributed by atoms with E-state index in [4.69, 9.17) is 9.47 Å². The first kappa shape index (κ1) is 18.8. The number of fused-ring (bicyclic) bond motifs is 1. The number of methoxy groups -OCH3 is 2. The van der Waals surface area contributed by atoms with Gasteiger partial charge < -0.3 is 14.6 Å². The van der Waals surface area contributed by atoms with Crippen LogP contribution >= 0.6 is 0 Å². The maximum atomic E-state index is 13.2. The van der Waals surface area contributed by atoms with E-state index in [1.54, 1.807) is 30.9 Å². The van der Waals surface area contributed by atoms with E-state index in [2.05, 4.69) is 0 Å². The fourth-order valence-electron chi connectivity index (χ4n) is 3.40. The minimum Gasteiger partial charge on any atom is -0.497 e. The van der Waals surface area contributed by atoms with Gasteiger partial charge in [-0.15, -0.1) is 0 Å². The van der Waals surface area contributed by atoms with Crippen molar-refractivity contribution in [3.63, 3.8) is 0 Å². The Hall–Kier alpha value is -3.57. The van der Waals surface area contributed by atoms with E-state index in [0.29, 0.717) is 11.1 Å². The van der Waals surface area contributed by atoms with Crippen molar-refractivity contribution >= 4 is 10.8 Å². The second-order valence-corrected chi connectivity index (χ2v) is 6.68. The minimum absolute atomic E-state index is 0.0379. The number of nitrogens with zero attached hydrogens (tertiary/aromatic N) is 1. The van der Waals surface area contributed by atoms with Gasteiger partial charge in [0.25, 0.3) is 5.56 Å². The average molecular weight is 387 g/mol. The Bertz CT molecular complexity index is 1210. The number of hydrogen-bond donors (Lipinski definition) is 1. The molecule has 5 heteroatoms. The topological polar surface area (TPSA) is 60.7 Å². The van der Waals surface area contributed by atoms with Gasteiger partial charge in [-0.25, -0.2) is 0 Å². The molecular formula is C24H21NO4. The highest BCUT2D eigenvalue weighted by Crippen LogP contribution is 2.31. The monoisotopic (exact) mass is 387 g/mol. The van der Waals surface area contributed by atoms with Gasteiger partial charge in [-0.1, -0.05) is 24.3 Å².